The van der Waals surface area contributed by atoms with E-state index >= 15 is 0 Å². The number of hydrogen-bond donors (Lipinski definition) is 1. The van der Waals surface area contributed by atoms with Crippen LogP contribution in [0, 0.1) is 11.3 Å². The van der Waals surface area contributed by atoms with Gasteiger partial charge in [0.05, 0.1) is 32.5 Å². The van der Waals surface area contributed by atoms with Crippen LogP contribution in [-0.2, 0) is 4.74 Å². The molecule has 0 saturated heterocycles. The lowest BCUT2D eigenvalue weighted by Gasteiger charge is -2.21. The highest BCUT2D eigenvalue weighted by molar-refractivity contribution is 9.10. The Morgan fingerprint density at radius 1 is 1.20 bits per heavy atom. The van der Waals surface area contributed by atoms with Crippen molar-refractivity contribution in [2.75, 3.05) is 14.2 Å². The van der Waals surface area contributed by atoms with Crippen molar-refractivity contribution in [1.82, 2.24) is 0 Å². The minimum Gasteiger partial charge on any atom is -0.493 e. The number of nitrogens with zero attached hydrogens (tertiary/aromatic N) is 1. The summed E-state index contributed by atoms with van der Waals surface area (Å²) in [7, 11) is 3.06. The van der Waals surface area contributed by atoms with Gasteiger partial charge in [-0.2, -0.15) is 5.26 Å². The van der Waals surface area contributed by atoms with Gasteiger partial charge in [-0.1, -0.05) is 15.9 Å². The molecule has 6 heteroatoms. The Labute approximate surface area is 127 Å². The Balaban J connectivity index is 3.13. The average molecular weight is 344 g/mol. The molecule has 20 heavy (non-hydrogen) atoms. The average Bonchev–Trinajstić information content (AvgIpc) is 2.44. The number of methoxy groups -OCH3 is 2. The van der Waals surface area contributed by atoms with Gasteiger partial charge in [-0.3, -0.25) is 0 Å². The molecule has 5 nitrogen and oxygen atoms in total. The molecule has 0 heterocycles. The zero-order chi connectivity index (χ0) is 15.3. The summed E-state index contributed by atoms with van der Waals surface area (Å²) in [5.74, 6) is 1.07. The predicted molar refractivity (Wildman–Crippen MR) is 77.8 cm³/mol. The Morgan fingerprint density at radius 3 is 2.20 bits per heavy atom. The van der Waals surface area contributed by atoms with E-state index in [1.165, 1.54) is 14.2 Å². The van der Waals surface area contributed by atoms with Gasteiger partial charge in [-0.15, -0.1) is 0 Å². The largest absolute Gasteiger partial charge is 0.493 e. The first-order valence-corrected chi connectivity index (χ1v) is 6.88. The van der Waals surface area contributed by atoms with Crippen molar-refractivity contribution in [2.45, 2.75) is 32.2 Å². The fourth-order valence-corrected chi connectivity index (χ4v) is 2.10. The predicted octanol–water partition coefficient (Wildman–Crippen LogP) is 2.82. The fourth-order valence-electron chi connectivity index (χ4n) is 1.57. The van der Waals surface area contributed by atoms with Crippen molar-refractivity contribution < 1.29 is 19.3 Å². The quantitative estimate of drug-likeness (QED) is 0.859. The second-order valence-electron chi connectivity index (χ2n) is 4.32. The molecular weight excluding hydrogens is 326 g/mol. The summed E-state index contributed by atoms with van der Waals surface area (Å²) in [5, 5.41) is 18.7. The van der Waals surface area contributed by atoms with Crippen molar-refractivity contribution in [1.29, 1.82) is 5.26 Å². The van der Waals surface area contributed by atoms with Gasteiger partial charge in [0.2, 0.25) is 0 Å². The van der Waals surface area contributed by atoms with Crippen LogP contribution in [0.15, 0.2) is 16.6 Å². The van der Waals surface area contributed by atoms with E-state index in [4.69, 9.17) is 14.2 Å². The molecule has 1 rings (SSSR count). The maximum absolute atomic E-state index is 9.47. The van der Waals surface area contributed by atoms with E-state index in [0.29, 0.717) is 21.5 Å². The summed E-state index contributed by atoms with van der Waals surface area (Å²) >= 11 is 3.39. The minimum absolute atomic E-state index is 0.459. The number of ether oxygens (including phenoxy) is 3. The van der Waals surface area contributed by atoms with Gasteiger partial charge in [0.15, 0.2) is 17.6 Å². The van der Waals surface area contributed by atoms with Gasteiger partial charge in [0, 0.05) is 10.0 Å². The minimum atomic E-state index is -0.811. The fraction of sp³-hybridized carbons (Fsp3) is 0.500. The molecule has 3 atom stereocenters. The topological polar surface area (TPSA) is 71.7 Å². The van der Waals surface area contributed by atoms with Gasteiger partial charge in [0.1, 0.15) is 0 Å². The third-order valence-corrected chi connectivity index (χ3v) is 3.62. The lowest BCUT2D eigenvalue weighted by atomic mass is 10.1. The molecule has 0 aliphatic rings. The second kappa shape index (κ2) is 7.48. The van der Waals surface area contributed by atoms with Crippen molar-refractivity contribution in [3.8, 4) is 17.6 Å². The monoisotopic (exact) mass is 343 g/mol. The van der Waals surface area contributed by atoms with E-state index in [0.717, 1.165) is 0 Å². The van der Waals surface area contributed by atoms with Crippen LogP contribution in [0.3, 0.4) is 0 Å². The molecule has 1 aromatic rings. The lowest BCUT2D eigenvalue weighted by Crippen LogP contribution is -2.24. The third-order valence-electron chi connectivity index (χ3n) is 2.93. The highest BCUT2D eigenvalue weighted by Gasteiger charge is 2.22. The summed E-state index contributed by atoms with van der Waals surface area (Å²) in [4.78, 5) is 0. The Kier molecular flexibility index (Phi) is 6.27. The molecule has 0 bridgehead atoms. The van der Waals surface area contributed by atoms with Gasteiger partial charge >= 0.3 is 0 Å². The molecule has 0 spiro atoms. The summed E-state index contributed by atoms with van der Waals surface area (Å²) in [5.41, 5.74) is 0.623. The maximum Gasteiger partial charge on any atom is 0.170 e. The van der Waals surface area contributed by atoms with Gasteiger partial charge < -0.3 is 19.3 Å². The molecule has 0 aromatic heterocycles. The van der Waals surface area contributed by atoms with Crippen molar-refractivity contribution >= 4 is 15.9 Å². The highest BCUT2D eigenvalue weighted by Crippen LogP contribution is 2.37. The van der Waals surface area contributed by atoms with Crippen LogP contribution in [0.4, 0.5) is 0 Å². The molecule has 1 N–H and O–H groups in total. The van der Waals surface area contributed by atoms with Crippen LogP contribution in [0.25, 0.3) is 0 Å². The standard InChI is InChI=1S/C14H18BrNO4/c1-8(17)9(2)20-14(7-16)10-5-12(18-3)13(19-4)6-11(10)15/h5-6,8-9,14,17H,1-4H3. The first-order valence-electron chi connectivity index (χ1n) is 6.09. The summed E-state index contributed by atoms with van der Waals surface area (Å²) in [6, 6.07) is 5.48. The van der Waals surface area contributed by atoms with E-state index < -0.39 is 18.3 Å². The molecule has 1 aromatic carbocycles. The molecule has 0 aliphatic carbocycles. The summed E-state index contributed by atoms with van der Waals surface area (Å²) in [6.45, 7) is 3.33. The van der Waals surface area contributed by atoms with Crippen LogP contribution in [0.5, 0.6) is 11.5 Å². The number of aliphatic hydroxyl groups is 1. The summed E-state index contributed by atoms with van der Waals surface area (Å²) < 4.78 is 16.6. The van der Waals surface area contributed by atoms with Crippen LogP contribution in [0.1, 0.15) is 25.5 Å². The molecule has 3 unspecified atom stereocenters. The number of nitriles is 1. The van der Waals surface area contributed by atoms with Crippen LogP contribution in [0.2, 0.25) is 0 Å². The third kappa shape index (κ3) is 3.85. The molecule has 0 radical (unpaired) electrons. The highest BCUT2D eigenvalue weighted by atomic mass is 79.9. The maximum atomic E-state index is 9.47. The van der Waals surface area contributed by atoms with Crippen molar-refractivity contribution in [2.24, 2.45) is 0 Å². The number of halogens is 1. The first kappa shape index (κ1) is 16.8. The van der Waals surface area contributed by atoms with E-state index in [1.807, 2.05) is 0 Å². The number of aliphatic hydroxyl groups excluding tert-OH is 1. The number of benzene rings is 1. The zero-order valence-corrected chi connectivity index (χ0v) is 13.5. The number of hydrogen-bond acceptors (Lipinski definition) is 5. The molecule has 110 valence electrons. The molecule has 0 fully saturated rings. The SMILES string of the molecule is COc1cc(Br)c(C(C#N)OC(C)C(C)O)cc1OC. The Morgan fingerprint density at radius 2 is 1.75 bits per heavy atom. The van der Waals surface area contributed by atoms with Crippen LogP contribution in [-0.4, -0.2) is 31.5 Å². The van der Waals surface area contributed by atoms with Crippen molar-refractivity contribution in [3.05, 3.63) is 22.2 Å². The smallest absolute Gasteiger partial charge is 0.170 e. The number of rotatable bonds is 6. The molecule has 0 amide bonds. The second-order valence-corrected chi connectivity index (χ2v) is 5.17. The first-order chi connectivity index (χ1) is 9.44. The van der Waals surface area contributed by atoms with Crippen LogP contribution < -0.4 is 9.47 Å². The van der Waals surface area contributed by atoms with Gasteiger partial charge in [-0.05, 0) is 26.0 Å². The van der Waals surface area contributed by atoms with E-state index in [1.54, 1.807) is 26.0 Å². The van der Waals surface area contributed by atoms with E-state index in [9.17, 15) is 10.4 Å². The Hall–Kier alpha value is -1.29. The van der Waals surface area contributed by atoms with Crippen LogP contribution >= 0.6 is 15.9 Å². The van der Waals surface area contributed by atoms with Gasteiger partial charge in [-0.25, -0.2) is 0 Å². The zero-order valence-electron chi connectivity index (χ0n) is 11.9. The van der Waals surface area contributed by atoms with E-state index in [-0.39, 0.29) is 0 Å². The summed E-state index contributed by atoms with van der Waals surface area (Å²) in [6.07, 6.45) is -1.93. The molecule has 0 saturated carbocycles. The molecule has 0 aliphatic heterocycles. The lowest BCUT2D eigenvalue weighted by molar-refractivity contribution is -0.0428. The van der Waals surface area contributed by atoms with Gasteiger partial charge in [0.25, 0.3) is 0 Å². The Bertz CT molecular complexity index is 499. The van der Waals surface area contributed by atoms with E-state index in [2.05, 4.69) is 22.0 Å². The normalized spacial score (nSPS) is 15.1. The molecular formula is C14H18BrNO4. The van der Waals surface area contributed by atoms with Crippen molar-refractivity contribution in [3.63, 3.8) is 0 Å².